The van der Waals surface area contributed by atoms with Crippen molar-refractivity contribution in [2.24, 2.45) is 0 Å². The zero-order valence-corrected chi connectivity index (χ0v) is 13.2. The molecule has 25 heavy (non-hydrogen) atoms. The van der Waals surface area contributed by atoms with Gasteiger partial charge in [-0.3, -0.25) is 4.98 Å². The second-order valence-electron chi connectivity index (χ2n) is 4.91. The predicted octanol–water partition coefficient (Wildman–Crippen LogP) is 3.67. The van der Waals surface area contributed by atoms with Crippen LogP contribution >= 0.6 is 7.92 Å². The summed E-state index contributed by atoms with van der Waals surface area (Å²) in [4.78, 5) is 3.98. The fraction of sp³-hybridized carbons (Fsp3) is 0. The lowest BCUT2D eigenvalue weighted by Crippen LogP contribution is -2.28. The van der Waals surface area contributed by atoms with Crippen LogP contribution in [0.4, 0.5) is 26.3 Å². The minimum absolute atomic E-state index is 0.118. The van der Waals surface area contributed by atoms with Crippen LogP contribution in [0.5, 0.6) is 0 Å². The minimum atomic E-state index is -2.22. The lowest BCUT2D eigenvalue weighted by molar-refractivity contribution is 0.450. The van der Waals surface area contributed by atoms with Gasteiger partial charge in [-0.2, -0.15) is 0 Å². The molecule has 128 valence electrons. The highest BCUT2D eigenvalue weighted by Gasteiger charge is 2.29. The molecule has 0 aliphatic heterocycles. The third kappa shape index (κ3) is 3.12. The summed E-state index contributed by atoms with van der Waals surface area (Å²) in [5, 5.41) is -0.782. The standard InChI is InChI=1S/C17H8F6NP/c18-9-4-6-11(16(22)14(9)20)25(13-3-1-2-8-24-13)12-7-5-10(19)15(21)17(12)23/h1-8H. The molecule has 0 bridgehead atoms. The van der Waals surface area contributed by atoms with E-state index in [0.717, 1.165) is 12.1 Å². The molecule has 0 atom stereocenters. The number of rotatable bonds is 3. The van der Waals surface area contributed by atoms with Crippen molar-refractivity contribution in [1.29, 1.82) is 0 Å². The molecule has 0 saturated carbocycles. The number of nitrogens with zero attached hydrogens (tertiary/aromatic N) is 1. The van der Waals surface area contributed by atoms with Gasteiger partial charge in [-0.25, -0.2) is 26.3 Å². The average Bonchev–Trinajstić information content (AvgIpc) is 2.62. The number of hydrogen-bond acceptors (Lipinski definition) is 1. The maximum absolute atomic E-state index is 14.3. The molecule has 3 aromatic rings. The van der Waals surface area contributed by atoms with Crippen molar-refractivity contribution in [3.05, 3.63) is 83.6 Å². The summed E-state index contributed by atoms with van der Waals surface area (Å²) in [5.41, 5.74) is 0.118. The highest BCUT2D eigenvalue weighted by atomic mass is 31.1. The molecule has 0 fully saturated rings. The number of benzene rings is 2. The predicted molar refractivity (Wildman–Crippen MR) is 82.7 cm³/mol. The van der Waals surface area contributed by atoms with Crippen LogP contribution < -0.4 is 16.0 Å². The van der Waals surface area contributed by atoms with Gasteiger partial charge >= 0.3 is 0 Å². The summed E-state index contributed by atoms with van der Waals surface area (Å²) in [6.45, 7) is 0. The van der Waals surface area contributed by atoms with Gasteiger partial charge in [0.2, 0.25) is 0 Å². The van der Waals surface area contributed by atoms with Gasteiger partial charge in [-0.1, -0.05) is 6.07 Å². The third-order valence-electron chi connectivity index (χ3n) is 3.39. The fourth-order valence-corrected chi connectivity index (χ4v) is 4.45. The molecule has 0 radical (unpaired) electrons. The Hall–Kier alpha value is -2.40. The molecule has 0 unspecified atom stereocenters. The first-order valence-corrected chi connectivity index (χ1v) is 8.24. The Balaban J connectivity index is 2.30. The van der Waals surface area contributed by atoms with E-state index in [9.17, 15) is 26.3 Å². The highest BCUT2D eigenvalue weighted by Crippen LogP contribution is 2.35. The van der Waals surface area contributed by atoms with Crippen LogP contribution in [-0.4, -0.2) is 4.98 Å². The van der Waals surface area contributed by atoms with Gasteiger partial charge in [-0.15, -0.1) is 0 Å². The third-order valence-corrected chi connectivity index (χ3v) is 5.77. The van der Waals surface area contributed by atoms with E-state index in [0.29, 0.717) is 12.1 Å². The molecule has 0 aliphatic rings. The van der Waals surface area contributed by atoms with Crippen LogP contribution in [0.1, 0.15) is 0 Å². The smallest absolute Gasteiger partial charge is 0.195 e. The van der Waals surface area contributed by atoms with Gasteiger partial charge in [0.25, 0.3) is 0 Å². The van der Waals surface area contributed by atoms with Crippen molar-refractivity contribution < 1.29 is 26.3 Å². The molecule has 0 N–H and O–H groups in total. The van der Waals surface area contributed by atoms with E-state index < -0.39 is 53.4 Å². The summed E-state index contributed by atoms with van der Waals surface area (Å²) >= 11 is 0. The highest BCUT2D eigenvalue weighted by molar-refractivity contribution is 7.79. The Kier molecular flexibility index (Phi) is 4.77. The van der Waals surface area contributed by atoms with Crippen molar-refractivity contribution >= 4 is 24.0 Å². The van der Waals surface area contributed by atoms with Crippen molar-refractivity contribution in [2.45, 2.75) is 0 Å². The Bertz CT molecular complexity index is 875. The van der Waals surface area contributed by atoms with Crippen LogP contribution in [0.2, 0.25) is 0 Å². The van der Waals surface area contributed by atoms with Gasteiger partial charge in [-0.05, 0) is 36.4 Å². The summed E-state index contributed by atoms with van der Waals surface area (Å²) in [6, 6.07) is 7.72. The topological polar surface area (TPSA) is 12.9 Å². The Labute approximate surface area is 139 Å². The molecule has 1 heterocycles. The average molecular weight is 371 g/mol. The first kappa shape index (κ1) is 17.4. The Morgan fingerprint density at radius 1 is 0.600 bits per heavy atom. The van der Waals surface area contributed by atoms with Crippen LogP contribution in [0.3, 0.4) is 0 Å². The molecular formula is C17H8F6NP. The molecule has 0 saturated heterocycles. The number of aromatic nitrogens is 1. The monoisotopic (exact) mass is 371 g/mol. The van der Waals surface area contributed by atoms with E-state index in [4.69, 9.17) is 0 Å². The van der Waals surface area contributed by atoms with E-state index in [1.807, 2.05) is 0 Å². The second-order valence-corrected chi connectivity index (χ2v) is 7.00. The van der Waals surface area contributed by atoms with Gasteiger partial charge in [0.1, 0.15) is 0 Å². The summed E-state index contributed by atoms with van der Waals surface area (Å²) in [7, 11) is -2.22. The summed E-state index contributed by atoms with van der Waals surface area (Å²) in [6.07, 6.45) is 1.33. The molecule has 2 aromatic carbocycles. The Morgan fingerprint density at radius 2 is 1.12 bits per heavy atom. The molecule has 0 amide bonds. The molecule has 1 aromatic heterocycles. The van der Waals surface area contributed by atoms with Gasteiger partial charge in [0.05, 0.1) is 5.44 Å². The first-order chi connectivity index (χ1) is 11.9. The Morgan fingerprint density at radius 3 is 1.56 bits per heavy atom. The summed E-state index contributed by atoms with van der Waals surface area (Å²) < 4.78 is 82.3. The maximum Gasteiger partial charge on any atom is 0.195 e. The number of halogens is 6. The molecule has 3 rings (SSSR count). The van der Waals surface area contributed by atoms with E-state index in [-0.39, 0.29) is 5.44 Å². The largest absolute Gasteiger partial charge is 0.256 e. The van der Waals surface area contributed by atoms with E-state index in [1.54, 1.807) is 6.07 Å². The van der Waals surface area contributed by atoms with Crippen molar-refractivity contribution in [3.63, 3.8) is 0 Å². The van der Waals surface area contributed by atoms with Gasteiger partial charge in [0.15, 0.2) is 34.9 Å². The molecule has 1 nitrogen and oxygen atoms in total. The van der Waals surface area contributed by atoms with Crippen LogP contribution in [-0.2, 0) is 0 Å². The lowest BCUT2D eigenvalue weighted by atomic mass is 10.3. The summed E-state index contributed by atoms with van der Waals surface area (Å²) in [5.74, 6) is -9.35. The van der Waals surface area contributed by atoms with E-state index in [2.05, 4.69) is 4.98 Å². The van der Waals surface area contributed by atoms with Crippen molar-refractivity contribution in [2.75, 3.05) is 0 Å². The lowest BCUT2D eigenvalue weighted by Gasteiger charge is -2.19. The van der Waals surface area contributed by atoms with Gasteiger partial charge < -0.3 is 0 Å². The van der Waals surface area contributed by atoms with Crippen LogP contribution in [0, 0.1) is 34.9 Å². The molecule has 0 spiro atoms. The first-order valence-electron chi connectivity index (χ1n) is 6.90. The maximum atomic E-state index is 14.3. The normalized spacial score (nSPS) is 11.2. The zero-order chi connectivity index (χ0) is 18.1. The van der Waals surface area contributed by atoms with Crippen LogP contribution in [0.25, 0.3) is 0 Å². The van der Waals surface area contributed by atoms with Crippen LogP contribution in [0.15, 0.2) is 48.7 Å². The number of pyridine rings is 1. The van der Waals surface area contributed by atoms with Gasteiger partial charge in [0, 0.05) is 24.7 Å². The van der Waals surface area contributed by atoms with E-state index >= 15 is 0 Å². The zero-order valence-electron chi connectivity index (χ0n) is 12.3. The fourth-order valence-electron chi connectivity index (χ4n) is 2.24. The van der Waals surface area contributed by atoms with Crippen molar-refractivity contribution in [3.8, 4) is 0 Å². The van der Waals surface area contributed by atoms with E-state index in [1.165, 1.54) is 18.3 Å². The van der Waals surface area contributed by atoms with Crippen molar-refractivity contribution in [1.82, 2.24) is 4.98 Å². The minimum Gasteiger partial charge on any atom is -0.256 e. The SMILES string of the molecule is Fc1ccc(P(c2ccccn2)c2ccc(F)c(F)c2F)c(F)c1F. The molecule has 0 aliphatic carbocycles. The quantitative estimate of drug-likeness (QED) is 0.389. The second kappa shape index (κ2) is 6.84. The molecule has 8 heteroatoms. The molecular weight excluding hydrogens is 363 g/mol. The number of hydrogen-bond donors (Lipinski definition) is 0.